The first-order chi connectivity index (χ1) is 48.8. The van der Waals surface area contributed by atoms with Crippen LogP contribution in [0.25, 0.3) is 69.8 Å². The van der Waals surface area contributed by atoms with Crippen molar-refractivity contribution in [3.8, 4) is 51.6 Å². The maximum Gasteiger partial charge on any atom is 0.328 e. The van der Waals surface area contributed by atoms with Crippen LogP contribution in [0.15, 0.2) is 194 Å². The van der Waals surface area contributed by atoms with Crippen molar-refractivity contribution in [3.05, 3.63) is 237 Å². The summed E-state index contributed by atoms with van der Waals surface area (Å²) in [6.45, 7) is 22.9. The Morgan fingerprint density at radius 2 is 0.930 bits per heavy atom. The Morgan fingerprint density at radius 3 is 1.38 bits per heavy atom. The van der Waals surface area contributed by atoms with Crippen LogP contribution in [0, 0.1) is 41.6 Å². The number of nitrogens with zero attached hydrogens (tertiary/aromatic N) is 6. The van der Waals surface area contributed by atoms with Gasteiger partial charge >= 0.3 is 13.7 Å². The second kappa shape index (κ2) is 32.5. The van der Waals surface area contributed by atoms with Crippen molar-refractivity contribution < 1.29 is 29.2 Å². The zero-order chi connectivity index (χ0) is 69.8. The molecular formula is C84H86B2N6O6S2. The topological polar surface area (TPSA) is 141 Å². The molecule has 2 unspecified atom stereocenters. The minimum atomic E-state index is -0.636. The van der Waals surface area contributed by atoms with E-state index in [1.54, 1.807) is 14.2 Å². The summed E-state index contributed by atoms with van der Waals surface area (Å²) in [5.41, 5.74) is 9.67. The van der Waals surface area contributed by atoms with Crippen molar-refractivity contribution in [2.75, 3.05) is 27.4 Å². The average Bonchev–Trinajstić information content (AvgIpc) is 1.52. The van der Waals surface area contributed by atoms with Crippen molar-refractivity contribution in [2.45, 2.75) is 106 Å². The van der Waals surface area contributed by atoms with E-state index in [-0.39, 0.29) is 24.5 Å². The number of thiazole rings is 2. The molecule has 8 aromatic carbocycles. The van der Waals surface area contributed by atoms with Crippen molar-refractivity contribution in [3.63, 3.8) is 0 Å². The van der Waals surface area contributed by atoms with E-state index in [0.717, 1.165) is 80.9 Å². The lowest BCUT2D eigenvalue weighted by atomic mass is 9.50. The fourth-order valence-corrected chi connectivity index (χ4v) is 16.0. The molecule has 0 fully saturated rings. The Balaban J connectivity index is 1.32. The Bertz CT molecular complexity index is 4540. The van der Waals surface area contributed by atoms with Gasteiger partial charge in [0.25, 0.3) is 0 Å². The Labute approximate surface area is 596 Å². The van der Waals surface area contributed by atoms with Gasteiger partial charge in [-0.05, 0) is 79.0 Å². The van der Waals surface area contributed by atoms with Crippen LogP contribution >= 0.6 is 22.7 Å². The molecule has 100 heavy (non-hydrogen) atoms. The number of aliphatic hydroxyl groups excluding tert-OH is 2. The maximum absolute atomic E-state index is 12.7. The van der Waals surface area contributed by atoms with Crippen molar-refractivity contribution in [1.29, 1.82) is 5.26 Å². The van der Waals surface area contributed by atoms with E-state index < -0.39 is 13.7 Å². The van der Waals surface area contributed by atoms with Crippen molar-refractivity contribution in [1.82, 2.24) is 18.9 Å². The molecule has 0 aliphatic rings. The molecule has 0 aliphatic heterocycles. The van der Waals surface area contributed by atoms with Crippen LogP contribution in [-0.2, 0) is 13.2 Å². The summed E-state index contributed by atoms with van der Waals surface area (Å²) in [5.74, 6) is 4.54. The molecule has 0 bridgehead atoms. The summed E-state index contributed by atoms with van der Waals surface area (Å²) < 4.78 is 31.8. The van der Waals surface area contributed by atoms with E-state index in [4.69, 9.17) is 33.8 Å². The predicted molar refractivity (Wildman–Crippen MR) is 414 cm³/mol. The Hall–Kier alpha value is -9.67. The largest absolute Gasteiger partial charge is 0.496 e. The number of aliphatic hydroxyl groups is 2. The molecule has 0 spiro atoms. The van der Waals surface area contributed by atoms with E-state index in [9.17, 15) is 22.0 Å². The highest BCUT2D eigenvalue weighted by molar-refractivity contribution is 7.20. The normalized spacial score (nSPS) is 12.8. The fourth-order valence-electron chi connectivity index (χ4n) is 14.0. The molecular weight excluding hydrogens is 1270 g/mol. The number of ether oxygens (including phenoxy) is 4. The highest BCUT2D eigenvalue weighted by Crippen LogP contribution is 2.41. The molecule has 506 valence electrons. The lowest BCUT2D eigenvalue weighted by Crippen LogP contribution is -2.54. The molecule has 12 aromatic rings. The summed E-state index contributed by atoms with van der Waals surface area (Å²) in [6.07, 6.45) is 8.68. The van der Waals surface area contributed by atoms with Crippen LogP contribution < -0.4 is 51.5 Å². The fraction of sp³-hybridized carbons (Fsp3) is 0.286. The third kappa shape index (κ3) is 15.2. The monoisotopic (exact) mass is 1360 g/mol. The van der Waals surface area contributed by atoms with Crippen LogP contribution in [0.1, 0.15) is 114 Å². The summed E-state index contributed by atoms with van der Waals surface area (Å²) in [7, 11) is 3.17. The molecule has 4 heterocycles. The summed E-state index contributed by atoms with van der Waals surface area (Å²) in [5, 5.41) is 37.6. The van der Waals surface area contributed by atoms with Gasteiger partial charge in [0.05, 0.1) is 73.0 Å². The van der Waals surface area contributed by atoms with Crippen LogP contribution in [0.5, 0.6) is 23.0 Å². The molecule has 12 rings (SSSR count). The van der Waals surface area contributed by atoms with Gasteiger partial charge in [0, 0.05) is 55.8 Å². The smallest absolute Gasteiger partial charge is 0.328 e. The average molecular weight is 1360 g/mol. The number of methoxy groups -OCH3 is 2. The number of fused-ring (bicyclic) bond motifs is 3. The molecule has 0 radical (unpaired) electrons. The predicted octanol–water partition coefficient (Wildman–Crippen LogP) is 15.6. The summed E-state index contributed by atoms with van der Waals surface area (Å²) in [6, 6.07) is 68.7. The van der Waals surface area contributed by atoms with Gasteiger partial charge in [-0.1, -0.05) is 248 Å². The Morgan fingerprint density at radius 1 is 0.510 bits per heavy atom. The first-order valence-corrected chi connectivity index (χ1v) is 36.6. The molecule has 0 saturated heterocycles. The highest BCUT2D eigenvalue weighted by atomic mass is 32.1. The molecule has 0 aliphatic carbocycles. The molecule has 12 nitrogen and oxygen atoms in total. The van der Waals surface area contributed by atoms with Crippen LogP contribution in [0.2, 0.25) is 0 Å². The number of nitriles is 1. The van der Waals surface area contributed by atoms with E-state index in [1.165, 1.54) is 35.5 Å². The number of rotatable bonds is 30. The molecule has 0 amide bonds. The van der Waals surface area contributed by atoms with E-state index in [0.29, 0.717) is 125 Å². The minimum Gasteiger partial charge on any atom is -0.496 e. The van der Waals surface area contributed by atoms with Crippen molar-refractivity contribution >= 4 is 101 Å². The summed E-state index contributed by atoms with van der Waals surface area (Å²) in [4.78, 5) is 15.6. The van der Waals surface area contributed by atoms with Gasteiger partial charge in [-0.25, -0.2) is 14.8 Å². The zero-order valence-corrected chi connectivity index (χ0v) is 60.1. The standard InChI is InChI=1S/C84H86B2N6O6S2/c1-55(2)26-22-28-57(5)42-44-97-67-40-24-30-59(46-67)79-76-77(82(92(79)86(65-36-18-12-19-37-65)66-38-20-13-21-39-66)78(88-7)84-90-71-50-72(95-8)62(54-94)49-74(71)100-84)80(60-31-25-41-68(47-60)98-45-43-58(6)29-23-27-56(3)4)91(85(63-32-14-10-15-33-63)64-34-16-11-17-35-64)81(76)69(52-87)83-89-70-48-61(53-93)73(96-9)51-75(70)99-83/h10-21,24-25,30-41,46-51,55-58,93-94H,22-23,26-29,42-45,53-54H2,1-6,8-9H3/b81-69-,82-78+. The minimum absolute atomic E-state index is 0.263. The van der Waals surface area contributed by atoms with Crippen LogP contribution in [0.4, 0.5) is 0 Å². The zero-order valence-electron chi connectivity index (χ0n) is 58.5. The molecule has 2 N–H and O–H groups in total. The quantitative estimate of drug-likeness (QED) is 0.0332. The van der Waals surface area contributed by atoms with Gasteiger partial charge in [-0.15, -0.1) is 22.7 Å². The van der Waals surface area contributed by atoms with Gasteiger partial charge in [-0.2, -0.15) is 5.26 Å². The lowest BCUT2D eigenvalue weighted by molar-refractivity contribution is 0.274. The number of hydrogen-bond acceptors (Lipinski definition) is 11. The molecule has 16 heteroatoms. The maximum atomic E-state index is 12.7. The molecule has 2 atom stereocenters. The van der Waals surface area contributed by atoms with E-state index >= 15 is 0 Å². The second-order valence-corrected chi connectivity index (χ2v) is 29.1. The van der Waals surface area contributed by atoms with Crippen LogP contribution in [0.3, 0.4) is 0 Å². The van der Waals surface area contributed by atoms with Crippen molar-refractivity contribution in [2.24, 2.45) is 23.7 Å². The lowest BCUT2D eigenvalue weighted by Gasteiger charge is -2.24. The third-order valence-corrected chi connectivity index (χ3v) is 21.2. The van der Waals surface area contributed by atoms with E-state index in [1.807, 2.05) is 72.8 Å². The summed E-state index contributed by atoms with van der Waals surface area (Å²) >= 11 is 2.77. The SMILES string of the molecule is [C-]#[N+]/C(c1nc2cc(OC)c(CO)cc2s1)=c1\c2c(-c3cccc(OCCC(C)CCCC(C)C)c3)n(B(c3ccccc3)c3ccccc3)/c(=C(/C#N)c3nc4cc(CO)c(OC)cc4s3)c2c(-c2cccc(OCCC(C)CCCC(C)C)c2)n1B(c1ccccc1)c1ccccc1. The first-order valence-electron chi connectivity index (χ1n) is 35.0. The second-order valence-electron chi connectivity index (χ2n) is 27.1. The van der Waals surface area contributed by atoms with Gasteiger partial charge in [-0.3, -0.25) is 0 Å². The van der Waals surface area contributed by atoms with Gasteiger partial charge in [0.1, 0.15) is 44.7 Å². The number of benzene rings is 8. The number of hydrogen-bond donors (Lipinski definition) is 2. The first kappa shape index (κ1) is 70.2. The van der Waals surface area contributed by atoms with Gasteiger partial charge in [0.15, 0.2) is 0 Å². The Kier molecular flexibility index (Phi) is 22.9. The van der Waals surface area contributed by atoms with Crippen LogP contribution in [-0.4, -0.2) is 70.3 Å². The van der Waals surface area contributed by atoms with Gasteiger partial charge in [0.2, 0.25) is 5.70 Å². The van der Waals surface area contributed by atoms with Gasteiger partial charge < -0.3 is 38.1 Å². The number of aromatic nitrogens is 4. The third-order valence-electron chi connectivity index (χ3n) is 19.1. The highest BCUT2D eigenvalue weighted by Gasteiger charge is 2.38. The van der Waals surface area contributed by atoms with E-state index in [2.05, 4.69) is 178 Å². The molecule has 0 saturated carbocycles. The molecule has 4 aromatic heterocycles.